The van der Waals surface area contributed by atoms with Gasteiger partial charge in [-0.05, 0) is 116 Å². The highest BCUT2D eigenvalue weighted by atomic mass is 28.3. The van der Waals surface area contributed by atoms with Crippen LogP contribution in [-0.2, 0) is 0 Å². The molecule has 3 heterocycles. The van der Waals surface area contributed by atoms with Crippen LogP contribution in [0.4, 0.5) is 0 Å². The molecular formula is C66H44N2OSi. The number of benzene rings is 11. The largest absolute Gasteiger partial charge is 0.456 e. The van der Waals surface area contributed by atoms with E-state index in [0.717, 1.165) is 50.0 Å². The van der Waals surface area contributed by atoms with Gasteiger partial charge in [-0.2, -0.15) is 0 Å². The average Bonchev–Trinajstić information content (AvgIpc) is 4.09. The van der Waals surface area contributed by atoms with E-state index < -0.39 is 8.07 Å². The van der Waals surface area contributed by atoms with Crippen molar-refractivity contribution >= 4 is 94.4 Å². The molecule has 0 unspecified atom stereocenters. The van der Waals surface area contributed by atoms with Crippen molar-refractivity contribution in [2.75, 3.05) is 0 Å². The summed E-state index contributed by atoms with van der Waals surface area (Å²) in [6.45, 7) is 0. The zero-order chi connectivity index (χ0) is 46.2. The molecule has 0 fully saturated rings. The van der Waals surface area contributed by atoms with E-state index in [-0.39, 0.29) is 0 Å². The molecule has 14 aromatic rings. The van der Waals surface area contributed by atoms with Gasteiger partial charge in [-0.15, -0.1) is 0 Å². The van der Waals surface area contributed by atoms with E-state index in [1.165, 1.54) is 70.0 Å². The fraction of sp³-hybridized carbons (Fsp3) is 0. The topological polar surface area (TPSA) is 23.0 Å². The van der Waals surface area contributed by atoms with Crippen LogP contribution in [0.5, 0.6) is 0 Å². The van der Waals surface area contributed by atoms with Gasteiger partial charge in [-0.1, -0.05) is 194 Å². The highest BCUT2D eigenvalue weighted by molar-refractivity contribution is 7.19. The lowest BCUT2D eigenvalue weighted by molar-refractivity contribution is 0.669. The first-order valence-electron chi connectivity index (χ1n) is 24.1. The second-order valence-electron chi connectivity index (χ2n) is 18.4. The van der Waals surface area contributed by atoms with Gasteiger partial charge < -0.3 is 13.6 Å². The number of para-hydroxylation sites is 3. The van der Waals surface area contributed by atoms with Gasteiger partial charge in [0.15, 0.2) is 8.07 Å². The van der Waals surface area contributed by atoms with Crippen molar-refractivity contribution in [1.82, 2.24) is 9.13 Å². The molecule has 0 spiro atoms. The number of aromatic nitrogens is 2. The third-order valence-electron chi connectivity index (χ3n) is 14.7. The van der Waals surface area contributed by atoms with Crippen molar-refractivity contribution in [3.05, 3.63) is 267 Å². The number of fused-ring (bicyclic) bond motifs is 9. The smallest absolute Gasteiger partial charge is 0.179 e. The van der Waals surface area contributed by atoms with Crippen LogP contribution < -0.4 is 20.7 Å². The van der Waals surface area contributed by atoms with Gasteiger partial charge in [0.1, 0.15) is 11.2 Å². The molecule has 3 nitrogen and oxygen atoms in total. The maximum atomic E-state index is 6.56. The fourth-order valence-electron chi connectivity index (χ4n) is 11.5. The number of hydrogen-bond donors (Lipinski definition) is 0. The van der Waals surface area contributed by atoms with Gasteiger partial charge >= 0.3 is 0 Å². The molecule has 0 amide bonds. The molecule has 0 N–H and O–H groups in total. The van der Waals surface area contributed by atoms with Crippen LogP contribution in [0.2, 0.25) is 0 Å². The van der Waals surface area contributed by atoms with Crippen molar-refractivity contribution in [3.63, 3.8) is 0 Å². The van der Waals surface area contributed by atoms with Gasteiger partial charge in [0.2, 0.25) is 0 Å². The quantitative estimate of drug-likeness (QED) is 0.110. The summed E-state index contributed by atoms with van der Waals surface area (Å²) in [5, 5.41) is 12.6. The van der Waals surface area contributed by atoms with Gasteiger partial charge in [0.25, 0.3) is 0 Å². The van der Waals surface area contributed by atoms with E-state index in [2.05, 4.69) is 276 Å². The SMILES string of the molecule is c1ccc([Si](c2ccccc2)(c2ccccc2)c2cccc(-c3cccc(-c4ccc5oc6ccc(-n7c8ccccc8c8cc(-n9c%10ccccc%10c%10ccccc%109)ccc87)cc6c5c4)c3)c2)cc1. The zero-order valence-electron chi connectivity index (χ0n) is 38.2. The molecule has 0 atom stereocenters. The minimum atomic E-state index is -2.69. The Morgan fingerprint density at radius 3 is 1.19 bits per heavy atom. The normalized spacial score (nSPS) is 12.0. The first-order chi connectivity index (χ1) is 34.7. The molecule has 3 aromatic heterocycles. The van der Waals surface area contributed by atoms with Gasteiger partial charge in [-0.25, -0.2) is 0 Å². The van der Waals surface area contributed by atoms with E-state index >= 15 is 0 Å². The Morgan fingerprint density at radius 1 is 0.243 bits per heavy atom. The van der Waals surface area contributed by atoms with Crippen LogP contribution in [0.1, 0.15) is 0 Å². The second-order valence-corrected chi connectivity index (χ2v) is 22.2. The Balaban J connectivity index is 0.870. The van der Waals surface area contributed by atoms with Gasteiger partial charge in [0.05, 0.1) is 22.1 Å². The highest BCUT2D eigenvalue weighted by Crippen LogP contribution is 2.39. The standard InChI is InChI=1S/C66H44N2OSi/c1-4-21-51(22-5-1)70(52-23-6-2-7-24-52,53-25-8-3-9-26-53)54-27-17-20-47(41-54)45-18-16-19-46(40-45)48-34-38-65-59(42-48)60-44-50(36-39-66(60)69-65)68-63-33-15-12-30-57(63)58-43-49(35-37-64(58)68)67-61-31-13-10-28-55(61)56-29-11-14-32-62(56)67/h1-44H. The molecule has 0 aliphatic heterocycles. The summed E-state index contributed by atoms with van der Waals surface area (Å²) in [6, 6.07) is 98.2. The lowest BCUT2D eigenvalue weighted by Gasteiger charge is -2.34. The predicted molar refractivity (Wildman–Crippen MR) is 297 cm³/mol. The Labute approximate surface area is 406 Å². The van der Waals surface area contributed by atoms with E-state index in [1.807, 2.05) is 0 Å². The summed E-state index contributed by atoms with van der Waals surface area (Å²) in [5.74, 6) is 0. The number of hydrogen-bond acceptors (Lipinski definition) is 1. The lowest BCUT2D eigenvalue weighted by Crippen LogP contribution is -2.74. The van der Waals surface area contributed by atoms with Crippen molar-refractivity contribution in [2.24, 2.45) is 0 Å². The molecule has 0 aliphatic carbocycles. The summed E-state index contributed by atoms with van der Waals surface area (Å²) in [6.07, 6.45) is 0. The molecule has 0 radical (unpaired) electrons. The number of furan rings is 1. The van der Waals surface area contributed by atoms with Crippen molar-refractivity contribution in [3.8, 4) is 33.6 Å². The first kappa shape index (κ1) is 40.1. The Morgan fingerprint density at radius 2 is 0.629 bits per heavy atom. The van der Waals surface area contributed by atoms with Crippen LogP contribution in [0.25, 0.3) is 99.2 Å². The van der Waals surface area contributed by atoms with E-state index in [1.54, 1.807) is 0 Å². The molecule has 0 aliphatic rings. The van der Waals surface area contributed by atoms with Crippen LogP contribution in [0.15, 0.2) is 271 Å². The first-order valence-corrected chi connectivity index (χ1v) is 26.1. The zero-order valence-corrected chi connectivity index (χ0v) is 39.2. The molecule has 0 saturated heterocycles. The van der Waals surface area contributed by atoms with Crippen LogP contribution in [0.3, 0.4) is 0 Å². The third kappa shape index (κ3) is 6.20. The van der Waals surface area contributed by atoms with E-state index in [0.29, 0.717) is 0 Å². The van der Waals surface area contributed by atoms with Crippen molar-refractivity contribution in [2.45, 2.75) is 0 Å². The number of rotatable bonds is 8. The van der Waals surface area contributed by atoms with Crippen LogP contribution in [0, 0.1) is 0 Å². The summed E-state index contributed by atoms with van der Waals surface area (Å²) >= 11 is 0. The molecular weight excluding hydrogens is 865 g/mol. The third-order valence-corrected chi connectivity index (χ3v) is 19.4. The summed E-state index contributed by atoms with van der Waals surface area (Å²) < 4.78 is 11.4. The minimum absolute atomic E-state index is 0.874. The molecule has 4 heteroatoms. The van der Waals surface area contributed by atoms with E-state index in [9.17, 15) is 0 Å². The average molecular weight is 909 g/mol. The maximum absolute atomic E-state index is 6.56. The summed E-state index contributed by atoms with van der Waals surface area (Å²) in [7, 11) is -2.69. The van der Waals surface area contributed by atoms with Gasteiger partial charge in [-0.3, -0.25) is 0 Å². The molecule has 70 heavy (non-hydrogen) atoms. The number of nitrogens with zero attached hydrogens (tertiary/aromatic N) is 2. The molecule has 0 bridgehead atoms. The van der Waals surface area contributed by atoms with Crippen molar-refractivity contribution in [1.29, 1.82) is 0 Å². The Hall–Kier alpha value is -8.96. The van der Waals surface area contributed by atoms with Crippen LogP contribution >= 0.6 is 0 Å². The van der Waals surface area contributed by atoms with Crippen molar-refractivity contribution < 1.29 is 4.42 Å². The summed E-state index contributed by atoms with van der Waals surface area (Å²) in [4.78, 5) is 0. The summed E-state index contributed by atoms with van der Waals surface area (Å²) in [5.41, 5.74) is 13.4. The minimum Gasteiger partial charge on any atom is -0.456 e. The van der Waals surface area contributed by atoms with E-state index in [4.69, 9.17) is 4.42 Å². The Kier molecular flexibility index (Phi) is 9.23. The molecule has 0 saturated carbocycles. The molecule has 11 aromatic carbocycles. The highest BCUT2D eigenvalue weighted by Gasteiger charge is 2.41. The fourth-order valence-corrected chi connectivity index (χ4v) is 16.3. The lowest BCUT2D eigenvalue weighted by atomic mass is 9.98. The molecule has 14 rings (SSSR count). The van der Waals surface area contributed by atoms with Crippen LogP contribution in [-0.4, -0.2) is 17.2 Å². The van der Waals surface area contributed by atoms with Gasteiger partial charge in [0, 0.05) is 43.7 Å². The predicted octanol–water partition coefficient (Wildman–Crippen LogP) is 14.5. The monoisotopic (exact) mass is 908 g/mol. The second kappa shape index (κ2) is 16.1. The molecule has 328 valence electrons. The Bertz CT molecular complexity index is 4150. The maximum Gasteiger partial charge on any atom is 0.179 e.